The Morgan fingerprint density at radius 1 is 1.35 bits per heavy atom. The molecule has 0 spiro atoms. The van der Waals surface area contributed by atoms with Gasteiger partial charge >= 0.3 is 0 Å². The summed E-state index contributed by atoms with van der Waals surface area (Å²) in [4.78, 5) is 16.1. The largest absolute Gasteiger partial charge is 0.360 e. The van der Waals surface area contributed by atoms with E-state index in [1.165, 1.54) is 0 Å². The number of rotatable bonds is 6. The molecule has 0 unspecified atom stereocenters. The summed E-state index contributed by atoms with van der Waals surface area (Å²) in [7, 11) is 0. The highest BCUT2D eigenvalue weighted by molar-refractivity contribution is 7.22. The maximum Gasteiger partial charge on any atom is 0.237 e. The molecule has 5 nitrogen and oxygen atoms in total. The van der Waals surface area contributed by atoms with Crippen LogP contribution in [0.3, 0.4) is 0 Å². The van der Waals surface area contributed by atoms with E-state index in [0.29, 0.717) is 13.1 Å². The van der Waals surface area contributed by atoms with Gasteiger partial charge < -0.3 is 16.4 Å². The van der Waals surface area contributed by atoms with Gasteiger partial charge in [-0.1, -0.05) is 37.3 Å². The van der Waals surface area contributed by atoms with Gasteiger partial charge in [0.25, 0.3) is 0 Å². The van der Waals surface area contributed by atoms with E-state index in [-0.39, 0.29) is 11.8 Å². The average molecular weight is 292 g/mol. The van der Waals surface area contributed by atoms with Crippen molar-refractivity contribution in [1.82, 2.24) is 10.3 Å². The number of aromatic nitrogens is 1. The summed E-state index contributed by atoms with van der Waals surface area (Å²) in [5.41, 5.74) is 6.75. The highest BCUT2D eigenvalue weighted by Gasteiger charge is 2.16. The lowest BCUT2D eigenvalue weighted by atomic mass is 10.1. The van der Waals surface area contributed by atoms with E-state index < -0.39 is 6.04 Å². The van der Waals surface area contributed by atoms with Crippen LogP contribution in [0, 0.1) is 5.92 Å². The highest BCUT2D eigenvalue weighted by Crippen LogP contribution is 2.24. The smallest absolute Gasteiger partial charge is 0.237 e. The summed E-state index contributed by atoms with van der Waals surface area (Å²) in [5.74, 6) is 0.0401. The van der Waals surface area contributed by atoms with Crippen LogP contribution in [0.15, 0.2) is 24.3 Å². The molecule has 0 aliphatic carbocycles. The molecule has 0 radical (unpaired) electrons. The van der Waals surface area contributed by atoms with E-state index in [1.54, 1.807) is 11.3 Å². The summed E-state index contributed by atoms with van der Waals surface area (Å²) < 4.78 is 1.15. The zero-order chi connectivity index (χ0) is 14.5. The van der Waals surface area contributed by atoms with Gasteiger partial charge in [-0.05, 0) is 18.1 Å². The number of amides is 1. The predicted octanol–water partition coefficient (Wildman–Crippen LogP) is 1.81. The number of nitrogens with zero attached hydrogens (tertiary/aromatic N) is 1. The molecule has 0 saturated carbocycles. The number of thiazole rings is 1. The fraction of sp³-hybridized carbons (Fsp3) is 0.429. The van der Waals surface area contributed by atoms with Gasteiger partial charge in [0.15, 0.2) is 5.13 Å². The Kier molecular flexibility index (Phi) is 4.92. The van der Waals surface area contributed by atoms with E-state index in [4.69, 9.17) is 5.73 Å². The van der Waals surface area contributed by atoms with Gasteiger partial charge in [-0.25, -0.2) is 4.98 Å². The van der Waals surface area contributed by atoms with Gasteiger partial charge in [-0.2, -0.15) is 0 Å². The number of para-hydroxylation sites is 1. The number of hydrogen-bond donors (Lipinski definition) is 3. The number of benzene rings is 1. The lowest BCUT2D eigenvalue weighted by Crippen LogP contribution is -2.45. The van der Waals surface area contributed by atoms with Crippen molar-refractivity contribution in [3.05, 3.63) is 24.3 Å². The Labute approximate surface area is 122 Å². The summed E-state index contributed by atoms with van der Waals surface area (Å²) in [6.07, 6.45) is 0. The van der Waals surface area contributed by atoms with Crippen molar-refractivity contribution in [2.24, 2.45) is 11.7 Å². The molecule has 2 rings (SSSR count). The normalized spacial score (nSPS) is 12.6. The molecule has 20 heavy (non-hydrogen) atoms. The molecule has 1 aromatic heterocycles. The van der Waals surface area contributed by atoms with Crippen molar-refractivity contribution in [3.63, 3.8) is 0 Å². The SMILES string of the molecule is CC(C)[C@H](N)C(=O)NCCNc1nc2ccccc2s1. The standard InChI is InChI=1S/C14H20N4OS/c1-9(2)12(15)13(19)16-7-8-17-14-18-10-5-3-4-6-11(10)20-14/h3-6,9,12H,7-8,15H2,1-2H3,(H,16,19)(H,17,18)/t12-/m0/s1. The van der Waals surface area contributed by atoms with E-state index in [9.17, 15) is 4.79 Å². The zero-order valence-electron chi connectivity index (χ0n) is 11.7. The molecule has 0 bridgehead atoms. The lowest BCUT2D eigenvalue weighted by Gasteiger charge is -2.15. The third kappa shape index (κ3) is 3.68. The van der Waals surface area contributed by atoms with Gasteiger partial charge in [0.1, 0.15) is 0 Å². The summed E-state index contributed by atoms with van der Waals surface area (Å²) in [6, 6.07) is 7.55. The highest BCUT2D eigenvalue weighted by atomic mass is 32.1. The minimum atomic E-state index is -0.447. The molecule has 2 aromatic rings. The van der Waals surface area contributed by atoms with E-state index in [0.717, 1.165) is 15.3 Å². The molecule has 0 aliphatic heterocycles. The van der Waals surface area contributed by atoms with Crippen molar-refractivity contribution in [2.45, 2.75) is 19.9 Å². The fourth-order valence-corrected chi connectivity index (χ4v) is 2.61. The van der Waals surface area contributed by atoms with Gasteiger partial charge in [0.05, 0.1) is 16.3 Å². The van der Waals surface area contributed by atoms with Crippen molar-refractivity contribution < 1.29 is 4.79 Å². The first-order chi connectivity index (χ1) is 9.58. The topological polar surface area (TPSA) is 80.0 Å². The van der Waals surface area contributed by atoms with Crippen LogP contribution in [0.1, 0.15) is 13.8 Å². The van der Waals surface area contributed by atoms with Crippen LogP contribution in [0.25, 0.3) is 10.2 Å². The van der Waals surface area contributed by atoms with Crippen molar-refractivity contribution in [3.8, 4) is 0 Å². The Balaban J connectivity index is 1.77. The summed E-state index contributed by atoms with van der Waals surface area (Å²) in [5, 5.41) is 6.90. The summed E-state index contributed by atoms with van der Waals surface area (Å²) >= 11 is 1.61. The van der Waals surface area contributed by atoms with Crippen LogP contribution in [0.5, 0.6) is 0 Å². The number of carbonyl (C=O) groups is 1. The molecular weight excluding hydrogens is 272 g/mol. The van der Waals surface area contributed by atoms with Crippen LogP contribution in [-0.2, 0) is 4.79 Å². The number of fused-ring (bicyclic) bond motifs is 1. The number of anilines is 1. The lowest BCUT2D eigenvalue weighted by molar-refractivity contribution is -0.123. The quantitative estimate of drug-likeness (QED) is 0.709. The molecule has 4 N–H and O–H groups in total. The Morgan fingerprint density at radius 3 is 2.80 bits per heavy atom. The Hall–Kier alpha value is -1.66. The van der Waals surface area contributed by atoms with E-state index in [1.807, 2.05) is 38.1 Å². The fourth-order valence-electron chi connectivity index (χ4n) is 1.72. The first-order valence-corrected chi connectivity index (χ1v) is 7.52. The third-order valence-electron chi connectivity index (χ3n) is 3.02. The van der Waals surface area contributed by atoms with Gasteiger partial charge in [-0.3, -0.25) is 4.79 Å². The molecular formula is C14H20N4OS. The molecule has 6 heteroatoms. The van der Waals surface area contributed by atoms with Gasteiger partial charge in [0.2, 0.25) is 5.91 Å². The second kappa shape index (κ2) is 6.67. The molecule has 108 valence electrons. The molecule has 0 saturated heterocycles. The Morgan fingerprint density at radius 2 is 2.10 bits per heavy atom. The second-order valence-electron chi connectivity index (χ2n) is 4.97. The summed E-state index contributed by atoms with van der Waals surface area (Å²) in [6.45, 7) is 5.04. The Bertz CT molecular complexity index is 548. The zero-order valence-corrected chi connectivity index (χ0v) is 12.5. The maximum absolute atomic E-state index is 11.7. The van der Waals surface area contributed by atoms with Crippen molar-refractivity contribution >= 4 is 32.6 Å². The number of nitrogens with one attached hydrogen (secondary N) is 2. The van der Waals surface area contributed by atoms with Gasteiger partial charge in [-0.15, -0.1) is 0 Å². The van der Waals surface area contributed by atoms with E-state index in [2.05, 4.69) is 15.6 Å². The molecule has 1 atom stereocenters. The van der Waals surface area contributed by atoms with Crippen LogP contribution in [-0.4, -0.2) is 30.0 Å². The molecule has 0 aliphatic rings. The maximum atomic E-state index is 11.7. The minimum Gasteiger partial charge on any atom is -0.360 e. The van der Waals surface area contributed by atoms with Crippen LogP contribution >= 0.6 is 11.3 Å². The molecule has 1 amide bonds. The third-order valence-corrected chi connectivity index (χ3v) is 4.01. The predicted molar refractivity (Wildman–Crippen MR) is 83.9 cm³/mol. The van der Waals surface area contributed by atoms with Crippen molar-refractivity contribution in [1.29, 1.82) is 0 Å². The monoisotopic (exact) mass is 292 g/mol. The number of hydrogen-bond acceptors (Lipinski definition) is 5. The average Bonchev–Trinajstić information content (AvgIpc) is 2.85. The van der Waals surface area contributed by atoms with Crippen molar-refractivity contribution in [2.75, 3.05) is 18.4 Å². The minimum absolute atomic E-state index is 0.105. The van der Waals surface area contributed by atoms with Crippen LogP contribution in [0.2, 0.25) is 0 Å². The molecule has 1 heterocycles. The second-order valence-corrected chi connectivity index (χ2v) is 6.00. The molecule has 1 aromatic carbocycles. The molecule has 0 fully saturated rings. The number of nitrogens with two attached hydrogens (primary N) is 1. The first-order valence-electron chi connectivity index (χ1n) is 6.70. The van der Waals surface area contributed by atoms with Crippen LogP contribution < -0.4 is 16.4 Å². The van der Waals surface area contributed by atoms with Gasteiger partial charge in [0, 0.05) is 13.1 Å². The number of carbonyl (C=O) groups excluding carboxylic acids is 1. The van der Waals surface area contributed by atoms with Crippen LogP contribution in [0.4, 0.5) is 5.13 Å². The van der Waals surface area contributed by atoms with E-state index >= 15 is 0 Å². The first kappa shape index (κ1) is 14.7.